The number of aromatic nitrogens is 2. The number of halogens is 1. The predicted molar refractivity (Wildman–Crippen MR) is 105 cm³/mol. The maximum Gasteiger partial charge on any atom is 0.276 e. The number of pyridine rings is 1. The molecule has 1 spiro atoms. The molecule has 0 bridgehead atoms. The zero-order chi connectivity index (χ0) is 20.5. The minimum Gasteiger partial charge on any atom is -0.482 e. The number of ether oxygens (including phenoxy) is 2. The Bertz CT molecular complexity index is 1170. The van der Waals surface area contributed by atoms with Gasteiger partial charge < -0.3 is 23.9 Å². The number of hydrogen-bond acceptors (Lipinski definition) is 7. The Kier molecular flexibility index (Phi) is 3.87. The number of hydrogen-bond donors (Lipinski definition) is 1. The van der Waals surface area contributed by atoms with Gasteiger partial charge in [0.15, 0.2) is 12.3 Å². The van der Waals surface area contributed by atoms with Crippen LogP contribution < -0.4 is 4.74 Å². The number of aliphatic hydroxyl groups is 1. The molecule has 0 radical (unpaired) electrons. The van der Waals surface area contributed by atoms with Crippen molar-refractivity contribution in [1.82, 2.24) is 14.9 Å². The normalized spacial score (nSPS) is 28.7. The third kappa shape index (κ3) is 2.38. The molecule has 9 heteroatoms. The molecule has 4 heterocycles. The zero-order valence-corrected chi connectivity index (χ0v) is 16.6. The molecule has 3 aromatic rings. The second-order valence-corrected chi connectivity index (χ2v) is 8.35. The van der Waals surface area contributed by atoms with Gasteiger partial charge in [-0.15, -0.1) is 0 Å². The molecule has 3 aliphatic rings. The molecule has 1 amide bonds. The standard InChI is InChI=1S/C21H18ClN3O5/c22-13-3-4-15(18-12(13)2-1-5-23-18)28-10-17-24-14(8-29-17)20(27)25-16-9-30-19-11(7-26)6-21(16,19)25/h1-5,8,11,16,19,26H,6-7,9-10H2/t11-,16-,19-,21+,25?/m1/s1. The van der Waals surface area contributed by atoms with E-state index in [0.717, 1.165) is 11.8 Å². The Morgan fingerprint density at radius 2 is 2.30 bits per heavy atom. The van der Waals surface area contributed by atoms with Crippen LogP contribution in [0, 0.1) is 5.92 Å². The van der Waals surface area contributed by atoms with E-state index in [-0.39, 0.29) is 48.4 Å². The van der Waals surface area contributed by atoms with Crippen molar-refractivity contribution < 1.29 is 23.8 Å². The molecule has 154 valence electrons. The van der Waals surface area contributed by atoms with Crippen molar-refractivity contribution in [3.8, 4) is 5.75 Å². The van der Waals surface area contributed by atoms with Crippen molar-refractivity contribution >= 4 is 28.4 Å². The molecule has 6 rings (SSSR count). The van der Waals surface area contributed by atoms with E-state index < -0.39 is 0 Å². The summed E-state index contributed by atoms with van der Waals surface area (Å²) in [7, 11) is 0. The molecular weight excluding hydrogens is 410 g/mol. The van der Waals surface area contributed by atoms with E-state index in [1.807, 2.05) is 17.0 Å². The van der Waals surface area contributed by atoms with Gasteiger partial charge in [0.2, 0.25) is 5.89 Å². The largest absolute Gasteiger partial charge is 0.482 e. The number of oxazole rings is 1. The first-order valence-electron chi connectivity index (χ1n) is 9.80. The highest BCUT2D eigenvalue weighted by atomic mass is 35.5. The summed E-state index contributed by atoms with van der Waals surface area (Å²) in [6.45, 7) is 0.658. The molecule has 8 nitrogen and oxygen atoms in total. The third-order valence-corrected chi connectivity index (χ3v) is 6.80. The summed E-state index contributed by atoms with van der Waals surface area (Å²) < 4.78 is 17.0. The quantitative estimate of drug-likeness (QED) is 0.624. The van der Waals surface area contributed by atoms with Crippen molar-refractivity contribution in [3.63, 3.8) is 0 Å². The van der Waals surface area contributed by atoms with Gasteiger partial charge in [0.25, 0.3) is 5.91 Å². The predicted octanol–water partition coefficient (Wildman–Crippen LogP) is 2.43. The zero-order valence-electron chi connectivity index (χ0n) is 15.8. The van der Waals surface area contributed by atoms with Crippen molar-refractivity contribution in [2.75, 3.05) is 13.2 Å². The average Bonchev–Trinajstić information content (AvgIpc) is 3.03. The molecule has 0 unspecified atom stereocenters. The number of amides is 1. The van der Waals surface area contributed by atoms with Crippen LogP contribution in [0.3, 0.4) is 0 Å². The highest BCUT2D eigenvalue weighted by Crippen LogP contribution is 2.63. The summed E-state index contributed by atoms with van der Waals surface area (Å²) in [6.07, 6.45) is 3.74. The molecule has 4 atom stereocenters. The second-order valence-electron chi connectivity index (χ2n) is 7.94. The number of carbonyl (C=O) groups excluding carboxylic acids is 1. The van der Waals surface area contributed by atoms with Crippen LogP contribution in [-0.2, 0) is 11.3 Å². The number of nitrogens with zero attached hydrogens (tertiary/aromatic N) is 3. The minimum absolute atomic E-state index is 0.0630. The Balaban J connectivity index is 1.16. The van der Waals surface area contributed by atoms with E-state index in [9.17, 15) is 9.90 Å². The molecule has 30 heavy (non-hydrogen) atoms. The van der Waals surface area contributed by atoms with Gasteiger partial charge in [-0.1, -0.05) is 11.6 Å². The molecule has 1 aliphatic carbocycles. The highest BCUT2D eigenvalue weighted by Gasteiger charge is 2.80. The first-order valence-corrected chi connectivity index (χ1v) is 10.2. The average molecular weight is 428 g/mol. The Morgan fingerprint density at radius 3 is 3.17 bits per heavy atom. The fraction of sp³-hybridized carbons (Fsp3) is 0.381. The van der Waals surface area contributed by atoms with Crippen LogP contribution in [0.2, 0.25) is 5.02 Å². The lowest BCUT2D eigenvalue weighted by molar-refractivity contribution is -0.0794. The smallest absolute Gasteiger partial charge is 0.276 e. The molecule has 1 aromatic carbocycles. The van der Waals surface area contributed by atoms with Gasteiger partial charge >= 0.3 is 0 Å². The Hall–Kier alpha value is -2.68. The van der Waals surface area contributed by atoms with Gasteiger partial charge in [-0.3, -0.25) is 9.78 Å². The van der Waals surface area contributed by atoms with Gasteiger partial charge in [0.1, 0.15) is 17.5 Å². The first kappa shape index (κ1) is 18.1. The van der Waals surface area contributed by atoms with Gasteiger partial charge in [-0.05, 0) is 30.7 Å². The van der Waals surface area contributed by atoms with Crippen LogP contribution in [0.5, 0.6) is 5.75 Å². The van der Waals surface area contributed by atoms with Crippen molar-refractivity contribution in [1.29, 1.82) is 0 Å². The molecule has 1 saturated carbocycles. The van der Waals surface area contributed by atoms with E-state index in [0.29, 0.717) is 28.8 Å². The van der Waals surface area contributed by atoms with Crippen LogP contribution >= 0.6 is 11.6 Å². The maximum absolute atomic E-state index is 12.9. The highest BCUT2D eigenvalue weighted by molar-refractivity contribution is 6.35. The summed E-state index contributed by atoms with van der Waals surface area (Å²) >= 11 is 6.21. The first-order chi connectivity index (χ1) is 14.6. The van der Waals surface area contributed by atoms with Crippen LogP contribution in [-0.4, -0.2) is 56.8 Å². The number of morpholine rings is 1. The maximum atomic E-state index is 12.9. The van der Waals surface area contributed by atoms with Crippen LogP contribution in [0.1, 0.15) is 22.8 Å². The van der Waals surface area contributed by atoms with Gasteiger partial charge in [0.05, 0.1) is 29.3 Å². The lowest BCUT2D eigenvalue weighted by atomic mass is 9.70. The van der Waals surface area contributed by atoms with E-state index in [2.05, 4.69) is 9.97 Å². The number of benzene rings is 1. The van der Waals surface area contributed by atoms with Crippen molar-refractivity contribution in [2.45, 2.75) is 30.7 Å². The van der Waals surface area contributed by atoms with Crippen molar-refractivity contribution in [3.05, 3.63) is 53.3 Å². The summed E-state index contributed by atoms with van der Waals surface area (Å²) in [6, 6.07) is 7.25. The van der Waals surface area contributed by atoms with Crippen molar-refractivity contribution in [2.24, 2.45) is 5.92 Å². The summed E-state index contributed by atoms with van der Waals surface area (Å²) in [4.78, 5) is 23.4. The summed E-state index contributed by atoms with van der Waals surface area (Å²) in [5.41, 5.74) is 0.648. The van der Waals surface area contributed by atoms with Crippen LogP contribution in [0.15, 0.2) is 41.1 Å². The SMILES string of the molecule is O=C(c1coc(COc2ccc(Cl)c3cccnc23)n1)N1[C@@H]2CO[C@@H]3[C@@H](CO)C[C@@]321. The lowest BCUT2D eigenvalue weighted by Gasteiger charge is -2.41. The summed E-state index contributed by atoms with van der Waals surface area (Å²) in [5.74, 6) is 0.802. The molecule has 2 saturated heterocycles. The van der Waals surface area contributed by atoms with E-state index in [1.165, 1.54) is 6.26 Å². The Labute approximate surface area is 176 Å². The topological polar surface area (TPSA) is 97.7 Å². The van der Waals surface area contributed by atoms with Crippen LogP contribution in [0.25, 0.3) is 10.9 Å². The molecule has 1 N–H and O–H groups in total. The molecule has 2 aliphatic heterocycles. The number of rotatable bonds is 5. The fourth-order valence-corrected chi connectivity index (χ4v) is 5.23. The number of aliphatic hydroxyl groups excluding tert-OH is 1. The third-order valence-electron chi connectivity index (χ3n) is 6.47. The lowest BCUT2D eigenvalue weighted by Crippen LogP contribution is -2.54. The van der Waals surface area contributed by atoms with Gasteiger partial charge in [-0.2, -0.15) is 0 Å². The number of fused-ring (bicyclic) bond motifs is 1. The molecular formula is C21H18ClN3O5. The van der Waals surface area contributed by atoms with Gasteiger partial charge in [0, 0.05) is 24.1 Å². The monoisotopic (exact) mass is 427 g/mol. The summed E-state index contributed by atoms with van der Waals surface area (Å²) in [5, 5.41) is 10.8. The van der Waals surface area contributed by atoms with Crippen LogP contribution in [0.4, 0.5) is 0 Å². The van der Waals surface area contributed by atoms with E-state index in [4.69, 9.17) is 25.5 Å². The number of carbonyl (C=O) groups is 1. The van der Waals surface area contributed by atoms with Gasteiger partial charge in [-0.25, -0.2) is 4.98 Å². The van der Waals surface area contributed by atoms with E-state index >= 15 is 0 Å². The minimum atomic E-state index is -0.256. The van der Waals surface area contributed by atoms with E-state index in [1.54, 1.807) is 18.3 Å². The second kappa shape index (κ2) is 6.41. The fourth-order valence-electron chi connectivity index (χ4n) is 5.01. The Morgan fingerprint density at radius 1 is 1.40 bits per heavy atom. The molecule has 2 aromatic heterocycles. The molecule has 3 fully saturated rings.